The van der Waals surface area contributed by atoms with Gasteiger partial charge in [0, 0.05) is 42.9 Å². The van der Waals surface area contributed by atoms with E-state index in [1.807, 2.05) is 24.3 Å². The smallest absolute Gasteiger partial charge is 0.362 e. The van der Waals surface area contributed by atoms with Crippen LogP contribution in [0.3, 0.4) is 0 Å². The fraction of sp³-hybridized carbons (Fsp3) is 0.531. The Bertz CT molecular complexity index is 1430. The molecule has 1 aliphatic rings. The molecule has 240 valence electrons. The number of aliphatic hydroxyl groups is 2. The van der Waals surface area contributed by atoms with Gasteiger partial charge in [-0.1, -0.05) is 11.3 Å². The number of nitrogens with zero attached hydrogens (tertiary/aromatic N) is 5. The Morgan fingerprint density at radius 3 is 2.36 bits per heavy atom. The summed E-state index contributed by atoms with van der Waals surface area (Å²) in [6.45, 7) is 9.88. The second-order valence-corrected chi connectivity index (χ2v) is 10.3. The summed E-state index contributed by atoms with van der Waals surface area (Å²) in [5.74, 6) is 0. The maximum Gasteiger partial charge on any atom is 0.362 e. The molecule has 2 heterocycles. The first-order chi connectivity index (χ1) is 21.6. The zero-order valence-corrected chi connectivity index (χ0v) is 25.8. The third kappa shape index (κ3) is 9.23. The standard InChI is InChI=1S/C32H45N5O7/c1-3-35(4-2)28-10-11-31-26(22-28)23-30(32(40)44-31)37-24-29(33-34-37)25-6-5-7-27(9-8-25)36(12-14-38)13-16-41-18-20-43-21-19-42-17-15-39/h8-11,22-24,38-39H,3-7,12-21H2,1-2H3. The molecular weight excluding hydrogens is 566 g/mol. The van der Waals surface area contributed by atoms with Crippen molar-refractivity contribution in [2.24, 2.45) is 0 Å². The van der Waals surface area contributed by atoms with Gasteiger partial charge in [-0.25, -0.2) is 9.48 Å². The van der Waals surface area contributed by atoms with Crippen LogP contribution in [0.2, 0.25) is 0 Å². The Morgan fingerprint density at radius 2 is 1.64 bits per heavy atom. The molecule has 0 bridgehead atoms. The molecule has 1 aromatic carbocycles. The third-order valence-electron chi connectivity index (χ3n) is 7.51. The molecule has 12 heteroatoms. The van der Waals surface area contributed by atoms with Gasteiger partial charge in [0.05, 0.1) is 59.1 Å². The number of rotatable bonds is 19. The molecule has 0 saturated carbocycles. The van der Waals surface area contributed by atoms with Crippen molar-refractivity contribution in [1.29, 1.82) is 0 Å². The van der Waals surface area contributed by atoms with E-state index in [-0.39, 0.29) is 13.2 Å². The van der Waals surface area contributed by atoms with Crippen LogP contribution in [0, 0.1) is 0 Å². The molecule has 2 aromatic heterocycles. The summed E-state index contributed by atoms with van der Waals surface area (Å²) in [4.78, 5) is 17.2. The molecule has 3 aromatic rings. The van der Waals surface area contributed by atoms with E-state index in [4.69, 9.17) is 23.7 Å². The number of hydrogen-bond donors (Lipinski definition) is 2. The number of fused-ring (bicyclic) bond motifs is 1. The molecule has 4 rings (SSSR count). The van der Waals surface area contributed by atoms with Crippen molar-refractivity contribution in [3.8, 4) is 5.69 Å². The maximum atomic E-state index is 12.8. The van der Waals surface area contributed by atoms with E-state index in [1.54, 1.807) is 12.3 Å². The van der Waals surface area contributed by atoms with Crippen LogP contribution in [0.5, 0.6) is 0 Å². The summed E-state index contributed by atoms with van der Waals surface area (Å²) in [6.07, 6.45) is 8.47. The van der Waals surface area contributed by atoms with Crippen molar-refractivity contribution < 1.29 is 28.8 Å². The lowest BCUT2D eigenvalue weighted by Crippen LogP contribution is -2.30. The molecule has 0 unspecified atom stereocenters. The number of benzene rings is 1. The van der Waals surface area contributed by atoms with E-state index < -0.39 is 5.63 Å². The van der Waals surface area contributed by atoms with Gasteiger partial charge in [-0.15, -0.1) is 5.10 Å². The molecule has 0 atom stereocenters. The van der Waals surface area contributed by atoms with Gasteiger partial charge in [0.1, 0.15) is 11.3 Å². The van der Waals surface area contributed by atoms with Crippen molar-refractivity contribution in [1.82, 2.24) is 19.9 Å². The van der Waals surface area contributed by atoms with Crippen LogP contribution in [0.15, 0.2) is 57.5 Å². The molecular formula is C32H45N5O7. The van der Waals surface area contributed by atoms with E-state index in [9.17, 15) is 9.90 Å². The van der Waals surface area contributed by atoms with Crippen LogP contribution in [0.25, 0.3) is 22.2 Å². The van der Waals surface area contributed by atoms with E-state index >= 15 is 0 Å². The summed E-state index contributed by atoms with van der Waals surface area (Å²) < 4.78 is 23.5. The fourth-order valence-electron chi connectivity index (χ4n) is 5.18. The van der Waals surface area contributed by atoms with Gasteiger partial charge in [-0.3, -0.25) is 0 Å². The molecule has 0 aliphatic heterocycles. The van der Waals surface area contributed by atoms with Gasteiger partial charge in [-0.2, -0.15) is 0 Å². The Balaban J connectivity index is 1.39. The predicted molar refractivity (Wildman–Crippen MR) is 169 cm³/mol. The first-order valence-corrected chi connectivity index (χ1v) is 15.4. The van der Waals surface area contributed by atoms with Crippen molar-refractivity contribution in [2.45, 2.75) is 33.1 Å². The van der Waals surface area contributed by atoms with E-state index in [0.29, 0.717) is 69.7 Å². The first-order valence-electron chi connectivity index (χ1n) is 15.4. The van der Waals surface area contributed by atoms with E-state index in [1.165, 1.54) is 4.68 Å². The molecule has 0 radical (unpaired) electrons. The monoisotopic (exact) mass is 611 g/mol. The number of allylic oxidation sites excluding steroid dienone is 4. The molecule has 0 saturated heterocycles. The summed E-state index contributed by atoms with van der Waals surface area (Å²) in [7, 11) is 0. The zero-order chi connectivity index (χ0) is 31.1. The van der Waals surface area contributed by atoms with Gasteiger partial charge in [-0.05, 0) is 69.0 Å². The largest absolute Gasteiger partial charge is 0.421 e. The summed E-state index contributed by atoms with van der Waals surface area (Å²) in [5.41, 5.74) is 4.31. The molecule has 0 amide bonds. The minimum absolute atomic E-state index is 0.00720. The number of ether oxygens (including phenoxy) is 3. The van der Waals surface area contributed by atoms with Crippen molar-refractivity contribution in [3.63, 3.8) is 0 Å². The van der Waals surface area contributed by atoms with Crippen molar-refractivity contribution >= 4 is 22.2 Å². The quantitative estimate of drug-likeness (QED) is 0.153. The molecule has 0 spiro atoms. The number of hydrogen-bond acceptors (Lipinski definition) is 11. The van der Waals surface area contributed by atoms with Gasteiger partial charge in [0.2, 0.25) is 0 Å². The van der Waals surface area contributed by atoms with E-state index in [0.717, 1.165) is 54.7 Å². The number of anilines is 1. The van der Waals surface area contributed by atoms with Gasteiger partial charge >= 0.3 is 5.63 Å². The van der Waals surface area contributed by atoms with Crippen LogP contribution in [-0.2, 0) is 14.2 Å². The normalized spacial score (nSPS) is 13.5. The topological polar surface area (TPSA) is 136 Å². The van der Waals surface area contributed by atoms with Gasteiger partial charge < -0.3 is 38.6 Å². The molecule has 1 aliphatic carbocycles. The van der Waals surface area contributed by atoms with Crippen LogP contribution < -0.4 is 10.5 Å². The molecule has 0 fully saturated rings. The minimum Gasteiger partial charge on any atom is -0.421 e. The third-order valence-corrected chi connectivity index (χ3v) is 7.51. The number of aliphatic hydroxyl groups excluding tert-OH is 2. The van der Waals surface area contributed by atoms with Crippen molar-refractivity contribution in [2.75, 3.05) is 83.9 Å². The second-order valence-electron chi connectivity index (χ2n) is 10.3. The highest BCUT2D eigenvalue weighted by Crippen LogP contribution is 2.27. The fourth-order valence-corrected chi connectivity index (χ4v) is 5.18. The minimum atomic E-state index is -0.470. The molecule has 12 nitrogen and oxygen atoms in total. The highest BCUT2D eigenvalue weighted by molar-refractivity contribution is 5.82. The van der Waals surface area contributed by atoms with Crippen molar-refractivity contribution in [3.05, 3.63) is 64.4 Å². The lowest BCUT2D eigenvalue weighted by atomic mass is 10.1. The summed E-state index contributed by atoms with van der Waals surface area (Å²) in [5, 5.41) is 27.8. The lowest BCUT2D eigenvalue weighted by molar-refractivity contribution is 0.00518. The van der Waals surface area contributed by atoms with Crippen LogP contribution in [0.4, 0.5) is 5.69 Å². The Kier molecular flexibility index (Phi) is 13.4. The summed E-state index contributed by atoms with van der Waals surface area (Å²) >= 11 is 0. The maximum absolute atomic E-state index is 12.8. The molecule has 2 N–H and O–H groups in total. The average molecular weight is 612 g/mol. The van der Waals surface area contributed by atoms with Gasteiger partial charge in [0.15, 0.2) is 5.69 Å². The zero-order valence-electron chi connectivity index (χ0n) is 25.8. The van der Waals surface area contributed by atoms with Crippen LogP contribution in [0.1, 0.15) is 38.8 Å². The highest BCUT2D eigenvalue weighted by Gasteiger charge is 2.17. The van der Waals surface area contributed by atoms with Gasteiger partial charge in [0.25, 0.3) is 0 Å². The number of aromatic nitrogens is 3. The Labute approximate surface area is 258 Å². The average Bonchev–Trinajstić information content (AvgIpc) is 3.39. The Morgan fingerprint density at radius 1 is 0.886 bits per heavy atom. The summed E-state index contributed by atoms with van der Waals surface area (Å²) in [6, 6.07) is 7.64. The first kappa shape index (κ1) is 33.3. The highest BCUT2D eigenvalue weighted by atomic mass is 16.5. The molecule has 44 heavy (non-hydrogen) atoms. The predicted octanol–water partition coefficient (Wildman–Crippen LogP) is 3.01. The van der Waals surface area contributed by atoms with Crippen LogP contribution >= 0.6 is 0 Å². The second kappa shape index (κ2) is 17.7. The Hall–Kier alpha value is -3.55. The SMILES string of the molecule is CCN(CC)c1ccc2oc(=O)c(-n3cc(C4=CC=C(N(CCO)CCOCCOCCOCCO)CCC4)nn3)cc2c1. The van der Waals surface area contributed by atoms with E-state index in [2.05, 4.69) is 40.0 Å². The lowest BCUT2D eigenvalue weighted by Gasteiger charge is -2.26. The van der Waals surface area contributed by atoms with Crippen LogP contribution in [-0.4, -0.2) is 109 Å².